The van der Waals surface area contributed by atoms with Crippen LogP contribution in [0.3, 0.4) is 0 Å². The van der Waals surface area contributed by atoms with Crippen molar-refractivity contribution < 1.29 is 19.0 Å². The molecule has 0 aliphatic rings. The Morgan fingerprint density at radius 3 is 2.83 bits per heavy atom. The molecule has 7 nitrogen and oxygen atoms in total. The van der Waals surface area contributed by atoms with Crippen molar-refractivity contribution in [1.82, 2.24) is 19.7 Å². The number of nitrogens with one attached hydrogen (secondary N) is 1. The van der Waals surface area contributed by atoms with E-state index in [-0.39, 0.29) is 18.7 Å². The summed E-state index contributed by atoms with van der Waals surface area (Å²) >= 11 is 0. The number of nitrogens with zero attached hydrogens (tertiary/aromatic N) is 4. The second-order valence-electron chi connectivity index (χ2n) is 5.11. The lowest BCUT2D eigenvalue weighted by atomic mass is 10.1. The Morgan fingerprint density at radius 1 is 1.25 bits per heavy atom. The van der Waals surface area contributed by atoms with Crippen LogP contribution in [-0.2, 0) is 6.54 Å². The molecule has 1 aromatic carbocycles. The molecule has 2 heterocycles. The maximum absolute atomic E-state index is 13.7. The van der Waals surface area contributed by atoms with E-state index < -0.39 is 17.7 Å². The summed E-state index contributed by atoms with van der Waals surface area (Å²) in [6.07, 6.45) is 1.69. The Hall–Kier alpha value is -2.65. The van der Waals surface area contributed by atoms with Gasteiger partial charge in [-0.2, -0.15) is 5.10 Å². The minimum absolute atomic E-state index is 0.00910. The summed E-state index contributed by atoms with van der Waals surface area (Å²) in [4.78, 5) is 8.18. The number of aromatic nitrogens is 4. The van der Waals surface area contributed by atoms with Crippen LogP contribution in [0.15, 0.2) is 30.7 Å². The van der Waals surface area contributed by atoms with Crippen molar-refractivity contribution in [2.45, 2.75) is 12.6 Å². The number of rotatable bonds is 6. The first kappa shape index (κ1) is 16.2. The molecule has 126 valence electrons. The van der Waals surface area contributed by atoms with Gasteiger partial charge in [0.25, 0.3) is 0 Å². The fraction of sp³-hybridized carbons (Fsp3) is 0.267. The Bertz CT molecular complexity index is 855. The SMILES string of the molecule is OCCn1ncc2c(NC[C@@H](O)c3ccc(F)cc3F)ncnc21. The molecule has 0 spiro atoms. The summed E-state index contributed by atoms with van der Waals surface area (Å²) in [6, 6.07) is 3.01. The Morgan fingerprint density at radius 2 is 2.08 bits per heavy atom. The summed E-state index contributed by atoms with van der Waals surface area (Å²) in [6.45, 7) is 0.190. The molecular formula is C15H15F2N5O2. The molecule has 0 saturated carbocycles. The van der Waals surface area contributed by atoms with Gasteiger partial charge in [-0.1, -0.05) is 6.07 Å². The van der Waals surface area contributed by atoms with Crippen LogP contribution in [0.5, 0.6) is 0 Å². The second kappa shape index (κ2) is 6.85. The molecule has 3 N–H and O–H groups in total. The smallest absolute Gasteiger partial charge is 0.163 e. The van der Waals surface area contributed by atoms with Gasteiger partial charge in [0, 0.05) is 18.2 Å². The molecule has 2 aromatic heterocycles. The summed E-state index contributed by atoms with van der Waals surface area (Å²) in [7, 11) is 0. The van der Waals surface area contributed by atoms with Crippen molar-refractivity contribution in [3.05, 3.63) is 47.9 Å². The van der Waals surface area contributed by atoms with Gasteiger partial charge in [-0.25, -0.2) is 23.4 Å². The van der Waals surface area contributed by atoms with Crippen LogP contribution in [0.25, 0.3) is 11.0 Å². The van der Waals surface area contributed by atoms with Crippen molar-refractivity contribution in [3.8, 4) is 0 Å². The first-order chi connectivity index (χ1) is 11.6. The summed E-state index contributed by atoms with van der Waals surface area (Å²) in [5.41, 5.74) is 0.522. The molecule has 0 aliphatic heterocycles. The third-order valence-electron chi connectivity index (χ3n) is 3.53. The Kier molecular flexibility index (Phi) is 4.63. The summed E-state index contributed by atoms with van der Waals surface area (Å²) < 4.78 is 28.1. The van der Waals surface area contributed by atoms with Gasteiger partial charge in [-0.3, -0.25) is 0 Å². The molecule has 9 heteroatoms. The third kappa shape index (κ3) is 3.17. The minimum Gasteiger partial charge on any atom is -0.394 e. The third-order valence-corrected chi connectivity index (χ3v) is 3.53. The molecule has 0 unspecified atom stereocenters. The molecule has 0 amide bonds. The number of anilines is 1. The van der Waals surface area contributed by atoms with Gasteiger partial charge in [0.05, 0.1) is 30.8 Å². The number of aliphatic hydroxyl groups is 2. The highest BCUT2D eigenvalue weighted by atomic mass is 19.1. The van der Waals surface area contributed by atoms with Crippen molar-refractivity contribution in [1.29, 1.82) is 0 Å². The Labute approximate surface area is 135 Å². The van der Waals surface area contributed by atoms with Crippen LogP contribution in [-0.4, -0.2) is 43.1 Å². The fourth-order valence-electron chi connectivity index (χ4n) is 2.37. The lowest BCUT2D eigenvalue weighted by Gasteiger charge is -2.13. The zero-order valence-corrected chi connectivity index (χ0v) is 12.5. The molecule has 0 radical (unpaired) electrons. The average molecular weight is 335 g/mol. The van der Waals surface area contributed by atoms with E-state index in [1.165, 1.54) is 23.3 Å². The number of halogens is 2. The highest BCUT2D eigenvalue weighted by Gasteiger charge is 2.15. The number of aliphatic hydroxyl groups excluding tert-OH is 2. The van der Waals surface area contributed by atoms with E-state index in [1.54, 1.807) is 0 Å². The quantitative estimate of drug-likeness (QED) is 0.627. The summed E-state index contributed by atoms with van der Waals surface area (Å²) in [5.74, 6) is -1.09. The van der Waals surface area contributed by atoms with Crippen LogP contribution < -0.4 is 5.32 Å². The second-order valence-corrected chi connectivity index (χ2v) is 5.11. The fourth-order valence-corrected chi connectivity index (χ4v) is 2.37. The van der Waals surface area contributed by atoms with Gasteiger partial charge in [0.15, 0.2) is 5.65 Å². The topological polar surface area (TPSA) is 96.1 Å². The van der Waals surface area contributed by atoms with Gasteiger partial charge >= 0.3 is 0 Å². The van der Waals surface area contributed by atoms with E-state index in [0.717, 1.165) is 12.1 Å². The van der Waals surface area contributed by atoms with Gasteiger partial charge in [0.2, 0.25) is 0 Å². The van der Waals surface area contributed by atoms with Gasteiger partial charge in [-0.05, 0) is 6.07 Å². The lowest BCUT2D eigenvalue weighted by molar-refractivity contribution is 0.186. The van der Waals surface area contributed by atoms with Crippen LogP contribution in [0.2, 0.25) is 0 Å². The van der Waals surface area contributed by atoms with Crippen molar-refractivity contribution >= 4 is 16.9 Å². The predicted molar refractivity (Wildman–Crippen MR) is 82.2 cm³/mol. The van der Waals surface area contributed by atoms with Gasteiger partial charge in [-0.15, -0.1) is 0 Å². The molecule has 0 saturated heterocycles. The number of hydrogen-bond donors (Lipinski definition) is 3. The van der Waals surface area contributed by atoms with Crippen molar-refractivity contribution in [2.24, 2.45) is 0 Å². The molecule has 0 fully saturated rings. The molecule has 3 aromatic rings. The zero-order valence-electron chi connectivity index (χ0n) is 12.5. The standard InChI is InChI=1S/C15H15F2N5O2/c16-9-1-2-10(12(17)5-9)13(24)7-18-14-11-6-21-22(3-4-23)15(11)20-8-19-14/h1-2,5-6,8,13,23-24H,3-4,7H2,(H,18,19,20)/t13-/m1/s1. The average Bonchev–Trinajstić information content (AvgIpc) is 2.97. The highest BCUT2D eigenvalue weighted by molar-refractivity contribution is 5.86. The van der Waals surface area contributed by atoms with Crippen LogP contribution in [0.1, 0.15) is 11.7 Å². The van der Waals surface area contributed by atoms with E-state index >= 15 is 0 Å². The lowest BCUT2D eigenvalue weighted by Crippen LogP contribution is -2.14. The number of hydrogen-bond acceptors (Lipinski definition) is 6. The number of fused-ring (bicyclic) bond motifs is 1. The number of benzene rings is 1. The van der Waals surface area contributed by atoms with Crippen LogP contribution in [0, 0.1) is 11.6 Å². The summed E-state index contributed by atoms with van der Waals surface area (Å²) in [5, 5.41) is 26.7. The van der Waals surface area contributed by atoms with E-state index in [9.17, 15) is 13.9 Å². The van der Waals surface area contributed by atoms with E-state index in [0.29, 0.717) is 23.4 Å². The molecule has 3 rings (SSSR count). The van der Waals surface area contributed by atoms with Crippen LogP contribution >= 0.6 is 0 Å². The monoisotopic (exact) mass is 335 g/mol. The van der Waals surface area contributed by atoms with Crippen molar-refractivity contribution in [2.75, 3.05) is 18.5 Å². The van der Waals surface area contributed by atoms with E-state index in [4.69, 9.17) is 5.11 Å². The first-order valence-corrected chi connectivity index (χ1v) is 7.24. The normalized spacial score (nSPS) is 12.5. The maximum atomic E-state index is 13.7. The molecule has 24 heavy (non-hydrogen) atoms. The molecule has 0 bridgehead atoms. The van der Waals surface area contributed by atoms with Gasteiger partial charge < -0.3 is 15.5 Å². The molecule has 0 aliphatic carbocycles. The molecular weight excluding hydrogens is 320 g/mol. The van der Waals surface area contributed by atoms with E-state index in [1.807, 2.05) is 0 Å². The largest absolute Gasteiger partial charge is 0.394 e. The van der Waals surface area contributed by atoms with Gasteiger partial charge in [0.1, 0.15) is 23.8 Å². The zero-order chi connectivity index (χ0) is 17.1. The van der Waals surface area contributed by atoms with Crippen molar-refractivity contribution in [3.63, 3.8) is 0 Å². The highest BCUT2D eigenvalue weighted by Crippen LogP contribution is 2.22. The maximum Gasteiger partial charge on any atom is 0.163 e. The Balaban J connectivity index is 1.78. The predicted octanol–water partition coefficient (Wildman–Crippen LogP) is 1.24. The minimum atomic E-state index is -1.18. The molecule has 1 atom stereocenters. The van der Waals surface area contributed by atoms with E-state index in [2.05, 4.69) is 20.4 Å². The van der Waals surface area contributed by atoms with Crippen LogP contribution in [0.4, 0.5) is 14.6 Å². The first-order valence-electron chi connectivity index (χ1n) is 7.24.